The van der Waals surface area contributed by atoms with E-state index in [1.807, 2.05) is 6.08 Å². The predicted molar refractivity (Wildman–Crippen MR) is 403 cm³/mol. The van der Waals surface area contributed by atoms with Crippen LogP contribution < -0.4 is 5.32 Å². The van der Waals surface area contributed by atoms with E-state index in [-0.39, 0.29) is 13.0 Å². The van der Waals surface area contributed by atoms with Gasteiger partial charge in [0, 0.05) is 6.42 Å². The molecule has 1 amide bonds. The molecule has 1 aliphatic rings. The van der Waals surface area contributed by atoms with E-state index in [1.54, 1.807) is 6.08 Å². The molecule has 1 aliphatic heterocycles. The molecule has 0 radical (unpaired) electrons. The number of unbranched alkanes of at least 4 members (excludes halogenated alkanes) is 53. The number of carbonyl (C=O) groups excluding carboxylic acids is 2. The van der Waals surface area contributed by atoms with Crippen LogP contribution in [-0.4, -0.2) is 99.6 Å². The number of carbonyl (C=O) groups is 2. The molecular weight excluding hydrogens is 1180 g/mol. The topological polar surface area (TPSA) is 175 Å². The highest BCUT2D eigenvalue weighted by Crippen LogP contribution is 2.27. The summed E-state index contributed by atoms with van der Waals surface area (Å²) in [6.07, 6.45) is 81.7. The first kappa shape index (κ1) is 90.6. The van der Waals surface area contributed by atoms with Gasteiger partial charge in [-0.3, -0.25) is 9.59 Å². The van der Waals surface area contributed by atoms with Crippen molar-refractivity contribution in [3.8, 4) is 0 Å². The number of nitrogens with one attached hydrogen (secondary N) is 1. The van der Waals surface area contributed by atoms with Gasteiger partial charge in [-0.25, -0.2) is 0 Å². The Kier molecular flexibility index (Phi) is 68.2. The summed E-state index contributed by atoms with van der Waals surface area (Å²) in [4.78, 5) is 26.8. The van der Waals surface area contributed by atoms with Crippen LogP contribution in [0.5, 0.6) is 0 Å². The van der Waals surface area contributed by atoms with Crippen molar-refractivity contribution in [3.63, 3.8) is 0 Å². The van der Waals surface area contributed by atoms with Crippen molar-refractivity contribution >= 4 is 11.9 Å². The van der Waals surface area contributed by atoms with E-state index in [0.29, 0.717) is 19.3 Å². The zero-order chi connectivity index (χ0) is 68.8. The van der Waals surface area contributed by atoms with Crippen molar-refractivity contribution in [2.75, 3.05) is 13.2 Å². The second-order valence-corrected chi connectivity index (χ2v) is 28.9. The average Bonchev–Trinajstić information content (AvgIpc) is 0.829. The molecule has 6 N–H and O–H groups in total. The molecule has 0 aromatic carbocycles. The number of rotatable bonds is 73. The van der Waals surface area contributed by atoms with E-state index in [4.69, 9.17) is 14.2 Å². The third kappa shape index (κ3) is 58.0. The molecule has 8 unspecified atom stereocenters. The van der Waals surface area contributed by atoms with Gasteiger partial charge in [-0.2, -0.15) is 0 Å². The van der Waals surface area contributed by atoms with Crippen molar-refractivity contribution < 1.29 is 49.3 Å². The summed E-state index contributed by atoms with van der Waals surface area (Å²) in [5.74, 6) is -1.17. The van der Waals surface area contributed by atoms with Crippen LogP contribution >= 0.6 is 0 Å². The van der Waals surface area contributed by atoms with Crippen LogP contribution in [0, 0.1) is 0 Å². The number of aliphatic hydroxyl groups is 5. The summed E-state index contributed by atoms with van der Waals surface area (Å²) in [5, 5.41) is 57.5. The molecule has 8 atom stereocenters. The number of ether oxygens (including phenoxy) is 3. The first-order valence-corrected chi connectivity index (χ1v) is 41.4. The van der Waals surface area contributed by atoms with E-state index < -0.39 is 67.4 Å². The van der Waals surface area contributed by atoms with Crippen molar-refractivity contribution in [3.05, 3.63) is 48.6 Å². The maximum atomic E-state index is 13.6. The molecule has 1 heterocycles. The highest BCUT2D eigenvalue weighted by atomic mass is 16.7. The van der Waals surface area contributed by atoms with Crippen LogP contribution in [0.15, 0.2) is 48.6 Å². The second kappa shape index (κ2) is 71.4. The number of hydrogen-bond donors (Lipinski definition) is 6. The van der Waals surface area contributed by atoms with Gasteiger partial charge in [0.15, 0.2) is 12.4 Å². The monoisotopic (exact) mass is 1340 g/mol. The highest BCUT2D eigenvalue weighted by molar-refractivity contribution is 5.80. The third-order valence-electron chi connectivity index (χ3n) is 19.7. The Morgan fingerprint density at radius 3 is 1.11 bits per heavy atom. The summed E-state index contributed by atoms with van der Waals surface area (Å²) < 4.78 is 17.8. The Hall–Kier alpha value is -2.38. The van der Waals surface area contributed by atoms with E-state index in [0.717, 1.165) is 64.2 Å². The molecule has 0 aromatic heterocycles. The van der Waals surface area contributed by atoms with Crippen molar-refractivity contribution in [2.24, 2.45) is 0 Å². The smallest absolute Gasteiger partial charge is 0.306 e. The fraction of sp³-hybridized carbons (Fsp3) is 0.881. The molecule has 0 bridgehead atoms. The van der Waals surface area contributed by atoms with Gasteiger partial charge in [0.1, 0.15) is 24.4 Å². The molecule has 0 aliphatic carbocycles. The van der Waals surface area contributed by atoms with Crippen LogP contribution in [0.4, 0.5) is 0 Å². The van der Waals surface area contributed by atoms with Crippen LogP contribution in [-0.2, 0) is 23.8 Å². The number of amides is 1. The predicted octanol–water partition coefficient (Wildman–Crippen LogP) is 22.6. The molecule has 1 saturated heterocycles. The summed E-state index contributed by atoms with van der Waals surface area (Å²) in [7, 11) is 0. The number of hydrogen-bond acceptors (Lipinski definition) is 10. The number of esters is 1. The zero-order valence-electron chi connectivity index (χ0n) is 62.6. The minimum Gasteiger partial charge on any atom is -0.454 e. The minimum absolute atomic E-state index is 0.128. The Morgan fingerprint density at radius 2 is 0.726 bits per heavy atom. The van der Waals surface area contributed by atoms with E-state index >= 15 is 0 Å². The third-order valence-corrected chi connectivity index (χ3v) is 19.7. The standard InChI is InChI=1S/C84H157NO10/c1-4-7-10-13-16-19-22-25-27-29-31-33-35-37-39-41-43-45-47-49-51-54-57-60-63-66-69-72-79(89)95-82-81(91)80(90)78(73-86)94-84(82)93-74-75(76(87)70-67-64-61-58-55-52-24-21-18-15-12-9-6-3)85-83(92)77(88)71-68-65-62-59-56-53-50-48-46-44-42-40-38-36-34-32-30-28-26-23-20-17-14-11-8-5-2/h17,20,25-28,67,70,75-78,80-82,84,86-88,90-91H,4-16,18-19,21-24,29-66,68-69,71-74H2,1-3H3,(H,85,92)/b20-17-,27-25+,28-26-,70-67+. The Morgan fingerprint density at radius 1 is 0.411 bits per heavy atom. The molecule has 0 aromatic rings. The molecule has 0 spiro atoms. The normalized spacial score (nSPS) is 17.9. The number of allylic oxidation sites excluding steroid dienone is 7. The lowest BCUT2D eigenvalue weighted by Gasteiger charge is -2.41. The minimum atomic E-state index is -1.61. The molecule has 11 nitrogen and oxygen atoms in total. The van der Waals surface area contributed by atoms with Gasteiger partial charge in [-0.15, -0.1) is 0 Å². The Labute approximate surface area is 586 Å². The SMILES string of the molecule is CCCCC/C=C\C/C=C\CCCCCCCCCCCCCCCCCCC(O)C(=O)NC(COC1OC(CO)C(O)C(O)C1OC(=O)CCCCCCCCCCCCCCCCCCC/C=C/CCCCCCCC)C(O)/C=C/CCCCCCCCCCCCC. The van der Waals surface area contributed by atoms with Gasteiger partial charge in [0.2, 0.25) is 5.91 Å². The highest BCUT2D eigenvalue weighted by Gasteiger charge is 2.47. The van der Waals surface area contributed by atoms with Crippen LogP contribution in [0.2, 0.25) is 0 Å². The lowest BCUT2D eigenvalue weighted by Crippen LogP contribution is -2.61. The van der Waals surface area contributed by atoms with Crippen LogP contribution in [0.1, 0.15) is 412 Å². The van der Waals surface area contributed by atoms with Gasteiger partial charge < -0.3 is 45.1 Å². The van der Waals surface area contributed by atoms with Gasteiger partial charge >= 0.3 is 5.97 Å². The van der Waals surface area contributed by atoms with Crippen LogP contribution in [0.3, 0.4) is 0 Å². The quantitative estimate of drug-likeness (QED) is 0.0195. The van der Waals surface area contributed by atoms with E-state index in [1.165, 1.54) is 302 Å². The molecule has 558 valence electrons. The largest absolute Gasteiger partial charge is 0.454 e. The van der Waals surface area contributed by atoms with Crippen LogP contribution in [0.25, 0.3) is 0 Å². The number of aliphatic hydroxyl groups excluding tert-OH is 5. The lowest BCUT2D eigenvalue weighted by atomic mass is 9.99. The van der Waals surface area contributed by atoms with E-state index in [2.05, 4.69) is 62.5 Å². The fourth-order valence-electron chi connectivity index (χ4n) is 13.2. The van der Waals surface area contributed by atoms with Crippen molar-refractivity contribution in [1.82, 2.24) is 5.32 Å². The average molecular weight is 1340 g/mol. The summed E-state index contributed by atoms with van der Waals surface area (Å²) in [6.45, 7) is 5.84. The van der Waals surface area contributed by atoms with Gasteiger partial charge in [-0.1, -0.05) is 371 Å². The van der Waals surface area contributed by atoms with Gasteiger partial charge in [-0.05, 0) is 83.5 Å². The molecule has 1 rings (SSSR count). The first-order valence-electron chi connectivity index (χ1n) is 41.4. The van der Waals surface area contributed by atoms with Crippen molar-refractivity contribution in [2.45, 2.75) is 461 Å². The summed E-state index contributed by atoms with van der Waals surface area (Å²) >= 11 is 0. The molecule has 0 saturated carbocycles. The van der Waals surface area contributed by atoms with Gasteiger partial charge in [0.05, 0.1) is 25.4 Å². The zero-order valence-corrected chi connectivity index (χ0v) is 62.6. The first-order chi connectivity index (χ1) is 46.7. The molecule has 95 heavy (non-hydrogen) atoms. The maximum Gasteiger partial charge on any atom is 0.306 e. The molecule has 11 heteroatoms. The summed E-state index contributed by atoms with van der Waals surface area (Å²) in [5.41, 5.74) is 0. The van der Waals surface area contributed by atoms with Crippen molar-refractivity contribution in [1.29, 1.82) is 0 Å². The fourth-order valence-corrected chi connectivity index (χ4v) is 13.2. The molecular formula is C84H157NO10. The summed E-state index contributed by atoms with van der Waals surface area (Å²) in [6, 6.07) is -1.02. The second-order valence-electron chi connectivity index (χ2n) is 28.9. The Bertz CT molecular complexity index is 1740. The molecule has 1 fully saturated rings. The van der Waals surface area contributed by atoms with Gasteiger partial charge in [0.25, 0.3) is 0 Å². The maximum absolute atomic E-state index is 13.6. The lowest BCUT2D eigenvalue weighted by molar-refractivity contribution is -0.305. The van der Waals surface area contributed by atoms with E-state index in [9.17, 15) is 35.1 Å². The Balaban J connectivity index is 2.47.